The third-order valence-corrected chi connectivity index (χ3v) is 7.09. The van der Waals surface area contributed by atoms with E-state index < -0.39 is 5.66 Å². The summed E-state index contributed by atoms with van der Waals surface area (Å²) in [5.41, 5.74) is 8.94. The summed E-state index contributed by atoms with van der Waals surface area (Å²) in [7, 11) is 0. The molecule has 5 heterocycles. The van der Waals surface area contributed by atoms with Gasteiger partial charge in [-0.2, -0.15) is 0 Å². The zero-order chi connectivity index (χ0) is 22.4. The number of nitrogens with one attached hydrogen (secondary N) is 2. The summed E-state index contributed by atoms with van der Waals surface area (Å²) < 4.78 is 0. The van der Waals surface area contributed by atoms with Gasteiger partial charge in [0.1, 0.15) is 0 Å². The van der Waals surface area contributed by atoms with Gasteiger partial charge < -0.3 is 26.2 Å². The standard InChI is InChI=1S/C24H29N9/c1-24-19(18-8-11-26-15-20(18)33(24)17-4-2-3-5-17)14-27-23(29-24)28-21-6-7-22(31-30-21)32-12-9-16(25)10-13-32/h2,4,6-8,11,14-17H,3,5,9-10,12-13,25H2,1H3,(H2,27,28,29,30). The first-order valence-corrected chi connectivity index (χ1v) is 11.7. The average molecular weight is 444 g/mol. The van der Waals surface area contributed by atoms with Crippen LogP contribution in [0.3, 0.4) is 0 Å². The minimum atomic E-state index is -0.530. The summed E-state index contributed by atoms with van der Waals surface area (Å²) >= 11 is 0. The highest BCUT2D eigenvalue weighted by atomic mass is 15.4. The van der Waals surface area contributed by atoms with Gasteiger partial charge in [0.05, 0.1) is 17.9 Å². The number of nitrogens with zero attached hydrogens (tertiary/aromatic N) is 6. The lowest BCUT2D eigenvalue weighted by Gasteiger charge is -2.40. The van der Waals surface area contributed by atoms with Crippen molar-refractivity contribution in [2.75, 3.05) is 28.2 Å². The van der Waals surface area contributed by atoms with Gasteiger partial charge in [0.25, 0.3) is 0 Å². The molecule has 2 atom stereocenters. The number of hydrogen-bond donors (Lipinski definition) is 3. The Kier molecular flexibility index (Phi) is 4.79. The van der Waals surface area contributed by atoms with Gasteiger partial charge in [0, 0.05) is 42.7 Å². The van der Waals surface area contributed by atoms with Crippen molar-refractivity contribution in [3.8, 4) is 0 Å². The summed E-state index contributed by atoms with van der Waals surface area (Å²) in [4.78, 5) is 14.2. The molecule has 1 fully saturated rings. The van der Waals surface area contributed by atoms with Crippen molar-refractivity contribution < 1.29 is 0 Å². The molecule has 0 amide bonds. The zero-order valence-corrected chi connectivity index (χ0v) is 18.8. The Balaban J connectivity index is 1.25. The van der Waals surface area contributed by atoms with Gasteiger partial charge in [0.15, 0.2) is 17.3 Å². The van der Waals surface area contributed by atoms with Crippen molar-refractivity contribution in [3.05, 3.63) is 54.5 Å². The largest absolute Gasteiger partial charge is 0.355 e. The second kappa shape index (κ2) is 7.84. The van der Waals surface area contributed by atoms with Gasteiger partial charge in [0.2, 0.25) is 5.96 Å². The summed E-state index contributed by atoms with van der Waals surface area (Å²) in [5.74, 6) is 2.20. The van der Waals surface area contributed by atoms with E-state index in [1.54, 1.807) is 0 Å². The number of hydrogen-bond acceptors (Lipinski definition) is 9. The Morgan fingerprint density at radius 1 is 1.15 bits per heavy atom. The van der Waals surface area contributed by atoms with Crippen LogP contribution in [0.4, 0.5) is 17.3 Å². The predicted octanol–water partition coefficient (Wildman–Crippen LogP) is 2.47. The minimum Gasteiger partial charge on any atom is -0.355 e. The zero-order valence-electron chi connectivity index (χ0n) is 18.8. The Labute approximate surface area is 193 Å². The van der Waals surface area contributed by atoms with Gasteiger partial charge >= 0.3 is 0 Å². The van der Waals surface area contributed by atoms with E-state index in [0.717, 1.165) is 55.9 Å². The van der Waals surface area contributed by atoms with Crippen LogP contribution in [0, 0.1) is 0 Å². The van der Waals surface area contributed by atoms with E-state index >= 15 is 0 Å². The number of aromatic nitrogens is 3. The van der Waals surface area contributed by atoms with Crippen LogP contribution in [0.15, 0.2) is 53.9 Å². The van der Waals surface area contributed by atoms with Gasteiger partial charge in [-0.15, -0.1) is 10.2 Å². The van der Waals surface area contributed by atoms with Crippen LogP contribution in [-0.4, -0.2) is 52.0 Å². The first-order valence-electron chi connectivity index (χ1n) is 11.7. The van der Waals surface area contributed by atoms with Gasteiger partial charge in [-0.05, 0) is 50.8 Å². The molecule has 0 radical (unpaired) electrons. The molecule has 2 aromatic rings. The van der Waals surface area contributed by atoms with E-state index in [9.17, 15) is 0 Å². The number of fused-ring (bicyclic) bond motifs is 3. The molecular weight excluding hydrogens is 414 g/mol. The van der Waals surface area contributed by atoms with Crippen molar-refractivity contribution in [2.24, 2.45) is 10.7 Å². The van der Waals surface area contributed by atoms with Gasteiger partial charge in [-0.25, -0.2) is 4.99 Å². The summed E-state index contributed by atoms with van der Waals surface area (Å²) in [6, 6.07) is 6.62. The number of nitrogens with two attached hydrogens (primary N) is 1. The fourth-order valence-corrected chi connectivity index (χ4v) is 5.35. The Hall–Kier alpha value is -3.46. The van der Waals surface area contributed by atoms with E-state index in [4.69, 9.17) is 10.7 Å². The monoisotopic (exact) mass is 443 g/mol. The van der Waals surface area contributed by atoms with Gasteiger partial charge in [-0.3, -0.25) is 4.98 Å². The molecule has 4 N–H and O–H groups in total. The Bertz CT molecular complexity index is 1130. The topological polar surface area (TPSA) is 108 Å². The lowest BCUT2D eigenvalue weighted by molar-refractivity contribution is 0.497. The number of rotatable bonds is 3. The lowest BCUT2D eigenvalue weighted by Crippen LogP contribution is -2.51. The van der Waals surface area contributed by atoms with Crippen molar-refractivity contribution in [1.82, 2.24) is 20.5 Å². The molecule has 0 bridgehead atoms. The number of piperidine rings is 1. The highest BCUT2D eigenvalue weighted by Gasteiger charge is 2.48. The quantitative estimate of drug-likeness (QED) is 0.621. The average Bonchev–Trinajstić information content (AvgIpc) is 3.43. The molecule has 0 spiro atoms. The van der Waals surface area contributed by atoms with Crippen LogP contribution in [0.25, 0.3) is 5.57 Å². The molecule has 1 saturated heterocycles. The first kappa shape index (κ1) is 20.2. The smallest absolute Gasteiger partial charge is 0.203 e. The second-order valence-corrected chi connectivity index (χ2v) is 9.25. The van der Waals surface area contributed by atoms with E-state index in [1.807, 2.05) is 30.7 Å². The maximum absolute atomic E-state index is 6.02. The summed E-state index contributed by atoms with van der Waals surface area (Å²) in [5, 5.41) is 15.5. The molecule has 0 saturated carbocycles. The molecule has 33 heavy (non-hydrogen) atoms. The lowest BCUT2D eigenvalue weighted by atomic mass is 9.98. The van der Waals surface area contributed by atoms with Gasteiger partial charge in [-0.1, -0.05) is 12.2 Å². The molecule has 1 aliphatic carbocycles. The number of aliphatic imine (C=N–C) groups is 1. The van der Waals surface area contributed by atoms with E-state index in [0.29, 0.717) is 23.9 Å². The van der Waals surface area contributed by atoms with Crippen molar-refractivity contribution in [3.63, 3.8) is 0 Å². The molecule has 2 unspecified atom stereocenters. The van der Waals surface area contributed by atoms with E-state index in [-0.39, 0.29) is 0 Å². The molecule has 9 nitrogen and oxygen atoms in total. The van der Waals surface area contributed by atoms with Crippen molar-refractivity contribution in [2.45, 2.75) is 50.4 Å². The predicted molar refractivity (Wildman–Crippen MR) is 131 cm³/mol. The normalized spacial score (nSPS) is 26.4. The third kappa shape index (κ3) is 3.43. The molecule has 9 heteroatoms. The van der Waals surface area contributed by atoms with Crippen LogP contribution < -0.4 is 26.2 Å². The number of anilines is 3. The maximum atomic E-state index is 6.02. The Morgan fingerprint density at radius 3 is 2.79 bits per heavy atom. The molecule has 0 aromatic carbocycles. The van der Waals surface area contributed by atoms with Crippen molar-refractivity contribution >= 4 is 28.9 Å². The Morgan fingerprint density at radius 2 is 2.03 bits per heavy atom. The van der Waals surface area contributed by atoms with E-state index in [1.165, 1.54) is 5.56 Å². The molecular formula is C24H29N9. The highest BCUT2D eigenvalue weighted by Crippen LogP contribution is 2.50. The maximum Gasteiger partial charge on any atom is 0.203 e. The molecule has 4 aliphatic rings. The fourth-order valence-electron chi connectivity index (χ4n) is 5.35. The number of allylic oxidation sites excluding steroid dienone is 1. The van der Waals surface area contributed by atoms with E-state index in [2.05, 4.69) is 60.8 Å². The highest BCUT2D eigenvalue weighted by molar-refractivity contribution is 6.01. The summed E-state index contributed by atoms with van der Waals surface area (Å²) in [6.45, 7) is 4.01. The fraction of sp³-hybridized carbons (Fsp3) is 0.417. The van der Waals surface area contributed by atoms with Crippen molar-refractivity contribution in [1.29, 1.82) is 0 Å². The summed E-state index contributed by atoms with van der Waals surface area (Å²) in [6.07, 6.45) is 14.5. The first-order chi connectivity index (χ1) is 16.1. The molecule has 6 rings (SSSR count). The van der Waals surface area contributed by atoms with Crippen LogP contribution in [0.1, 0.15) is 38.2 Å². The second-order valence-electron chi connectivity index (χ2n) is 9.25. The van der Waals surface area contributed by atoms with Crippen LogP contribution in [0.5, 0.6) is 0 Å². The molecule has 3 aliphatic heterocycles. The third-order valence-electron chi connectivity index (χ3n) is 7.09. The SMILES string of the molecule is CC12N=C(Nc3ccc(N4CCC(N)CC4)nn3)NC=C1c1ccncc1N2C1C=CCC1. The number of guanidine groups is 1. The van der Waals surface area contributed by atoms with Crippen LogP contribution in [-0.2, 0) is 0 Å². The molecule has 170 valence electrons. The number of pyridine rings is 1. The minimum absolute atomic E-state index is 0.293. The molecule has 2 aromatic heterocycles. The van der Waals surface area contributed by atoms with Crippen LogP contribution >= 0.6 is 0 Å². The van der Waals surface area contributed by atoms with Crippen LogP contribution in [0.2, 0.25) is 0 Å².